The monoisotopic (exact) mass is 393 g/mol. The summed E-state index contributed by atoms with van der Waals surface area (Å²) >= 11 is 0. The number of alkyl halides is 5. The number of carbonyl (C=O) groups excluding carboxylic acids is 1. The van der Waals surface area contributed by atoms with Crippen LogP contribution in [0.5, 0.6) is 0 Å². The summed E-state index contributed by atoms with van der Waals surface area (Å²) in [5, 5.41) is 9.41. The van der Waals surface area contributed by atoms with Crippen LogP contribution in [0, 0.1) is 16.6 Å². The van der Waals surface area contributed by atoms with Crippen molar-refractivity contribution in [3.8, 4) is 0 Å². The summed E-state index contributed by atoms with van der Waals surface area (Å²) in [5.41, 5.74) is -3.15. The molecule has 27 heavy (non-hydrogen) atoms. The number of nitrogens with zero attached hydrogens (tertiary/aromatic N) is 1. The smallest absolute Gasteiger partial charge is 0.393 e. The summed E-state index contributed by atoms with van der Waals surface area (Å²) in [4.78, 5) is 13.1. The van der Waals surface area contributed by atoms with Gasteiger partial charge in [0.25, 0.3) is 5.91 Å². The van der Waals surface area contributed by atoms with Crippen molar-refractivity contribution in [1.29, 1.82) is 0 Å². The van der Waals surface area contributed by atoms with E-state index in [9.17, 15) is 36.2 Å². The SMILES string of the molecule is O=C(N1CC2(C1)CC1(CC(O)C1)C2)C(F)(F)c1ccc(F)c(C(F)(F)F)c1. The van der Waals surface area contributed by atoms with Crippen LogP contribution in [0.1, 0.15) is 36.8 Å². The third-order valence-electron chi connectivity index (χ3n) is 6.08. The first-order valence-corrected chi connectivity index (χ1v) is 8.59. The summed E-state index contributed by atoms with van der Waals surface area (Å²) in [6.45, 7) is 0.263. The Bertz CT molecular complexity index is 784. The molecular formula is C18H17F6NO2. The Balaban J connectivity index is 1.45. The largest absolute Gasteiger partial charge is 0.419 e. The highest BCUT2D eigenvalue weighted by Gasteiger charge is 2.65. The Hall–Kier alpha value is -1.77. The first-order chi connectivity index (χ1) is 12.4. The van der Waals surface area contributed by atoms with Crippen LogP contribution in [0.4, 0.5) is 26.3 Å². The van der Waals surface area contributed by atoms with Crippen molar-refractivity contribution in [2.24, 2.45) is 10.8 Å². The number of halogens is 6. The predicted molar refractivity (Wildman–Crippen MR) is 81.2 cm³/mol. The number of amides is 1. The van der Waals surface area contributed by atoms with Crippen molar-refractivity contribution in [1.82, 2.24) is 4.90 Å². The molecule has 1 aliphatic heterocycles. The van der Waals surface area contributed by atoms with Crippen molar-refractivity contribution in [3.63, 3.8) is 0 Å². The number of hydrogen-bond acceptors (Lipinski definition) is 2. The average Bonchev–Trinajstić information content (AvgIpc) is 2.45. The molecule has 1 heterocycles. The molecule has 0 radical (unpaired) electrons. The van der Waals surface area contributed by atoms with Crippen LogP contribution in [0.2, 0.25) is 0 Å². The zero-order valence-corrected chi connectivity index (χ0v) is 14.1. The lowest BCUT2D eigenvalue weighted by molar-refractivity contribution is -0.217. The second-order valence-corrected chi connectivity index (χ2v) is 8.34. The lowest BCUT2D eigenvalue weighted by atomic mass is 9.42. The van der Waals surface area contributed by atoms with Crippen LogP contribution in [0.25, 0.3) is 0 Å². The highest BCUT2D eigenvalue weighted by molar-refractivity contribution is 5.85. The maximum atomic E-state index is 14.5. The van der Waals surface area contributed by atoms with Crippen LogP contribution in [-0.2, 0) is 16.9 Å². The Kier molecular flexibility index (Phi) is 3.71. The van der Waals surface area contributed by atoms with Gasteiger partial charge in [-0.1, -0.05) is 0 Å². The Labute approximate surface area is 151 Å². The fraction of sp³-hybridized carbons (Fsp3) is 0.611. The minimum absolute atomic E-state index is 0.00310. The zero-order chi connectivity index (χ0) is 19.8. The summed E-state index contributed by atoms with van der Waals surface area (Å²) in [6.07, 6.45) is -2.54. The summed E-state index contributed by atoms with van der Waals surface area (Å²) < 4.78 is 80.5. The van der Waals surface area contributed by atoms with Crippen LogP contribution >= 0.6 is 0 Å². The first kappa shape index (κ1) is 18.6. The standard InChI is InChI=1S/C18H17F6NO2/c19-13-2-1-10(3-12(13)18(22,23)24)17(20,21)14(27)25-8-16(9-25)6-15(7-16)4-11(26)5-15/h1-3,11,26H,4-9H2. The Morgan fingerprint density at radius 3 is 2.19 bits per heavy atom. The molecule has 0 bridgehead atoms. The van der Waals surface area contributed by atoms with E-state index < -0.39 is 35.0 Å². The highest BCUT2D eigenvalue weighted by Crippen LogP contribution is 2.67. The highest BCUT2D eigenvalue weighted by atomic mass is 19.4. The molecule has 0 aromatic heterocycles. The van der Waals surface area contributed by atoms with Crippen molar-refractivity contribution in [2.45, 2.75) is 43.9 Å². The second kappa shape index (κ2) is 5.40. The van der Waals surface area contributed by atoms with Gasteiger partial charge in [-0.25, -0.2) is 4.39 Å². The summed E-state index contributed by atoms with van der Waals surface area (Å²) in [7, 11) is 0. The van der Waals surface area contributed by atoms with E-state index in [0.717, 1.165) is 17.7 Å². The van der Waals surface area contributed by atoms with Gasteiger partial charge in [-0.15, -0.1) is 0 Å². The Morgan fingerprint density at radius 2 is 1.67 bits per heavy atom. The molecule has 9 heteroatoms. The molecule has 1 N–H and O–H groups in total. The first-order valence-electron chi connectivity index (χ1n) is 8.59. The van der Waals surface area contributed by atoms with Crippen molar-refractivity contribution in [2.75, 3.05) is 13.1 Å². The molecule has 2 saturated carbocycles. The van der Waals surface area contributed by atoms with E-state index in [1.807, 2.05) is 0 Å². The second-order valence-electron chi connectivity index (χ2n) is 8.34. The molecule has 0 unspecified atom stereocenters. The molecule has 1 saturated heterocycles. The van der Waals surface area contributed by atoms with Crippen LogP contribution in [0.3, 0.4) is 0 Å². The molecule has 1 amide bonds. The number of likely N-dealkylation sites (tertiary alicyclic amines) is 1. The van der Waals surface area contributed by atoms with E-state index in [4.69, 9.17) is 0 Å². The van der Waals surface area contributed by atoms with E-state index in [0.29, 0.717) is 25.0 Å². The number of aliphatic hydroxyl groups is 1. The third-order valence-corrected chi connectivity index (χ3v) is 6.08. The van der Waals surface area contributed by atoms with Gasteiger partial charge < -0.3 is 10.0 Å². The quantitative estimate of drug-likeness (QED) is 0.779. The van der Waals surface area contributed by atoms with Crippen LogP contribution in [0.15, 0.2) is 18.2 Å². The molecule has 3 nitrogen and oxygen atoms in total. The minimum atomic E-state index is -5.13. The average molecular weight is 393 g/mol. The lowest BCUT2D eigenvalue weighted by Gasteiger charge is -2.68. The molecule has 2 aliphatic carbocycles. The van der Waals surface area contributed by atoms with E-state index >= 15 is 0 Å². The van der Waals surface area contributed by atoms with Crippen molar-refractivity contribution >= 4 is 5.91 Å². The zero-order valence-electron chi connectivity index (χ0n) is 14.1. The molecule has 0 atom stereocenters. The van der Waals surface area contributed by atoms with Crippen LogP contribution < -0.4 is 0 Å². The topological polar surface area (TPSA) is 40.5 Å². The number of benzene rings is 1. The minimum Gasteiger partial charge on any atom is -0.393 e. The summed E-state index contributed by atoms with van der Waals surface area (Å²) in [6, 6.07) is 0.803. The van der Waals surface area contributed by atoms with Gasteiger partial charge in [0.15, 0.2) is 0 Å². The molecule has 3 fully saturated rings. The predicted octanol–water partition coefficient (Wildman–Crippen LogP) is 3.70. The van der Waals surface area contributed by atoms with Gasteiger partial charge in [0.1, 0.15) is 5.82 Å². The van der Waals surface area contributed by atoms with Gasteiger partial charge in [0, 0.05) is 24.1 Å². The fourth-order valence-corrected chi connectivity index (χ4v) is 5.16. The van der Waals surface area contributed by atoms with E-state index in [-0.39, 0.29) is 36.1 Å². The number of hydrogen-bond donors (Lipinski definition) is 1. The molecular weight excluding hydrogens is 376 g/mol. The van der Waals surface area contributed by atoms with Gasteiger partial charge in [-0.2, -0.15) is 22.0 Å². The molecule has 1 aromatic rings. The lowest BCUT2D eigenvalue weighted by Crippen LogP contribution is -2.70. The number of carbonyl (C=O) groups is 1. The molecule has 4 rings (SSSR count). The third kappa shape index (κ3) is 2.81. The van der Waals surface area contributed by atoms with Gasteiger partial charge in [0.05, 0.1) is 11.7 Å². The van der Waals surface area contributed by atoms with E-state index in [1.165, 1.54) is 0 Å². The fourth-order valence-electron chi connectivity index (χ4n) is 5.16. The van der Waals surface area contributed by atoms with E-state index in [1.54, 1.807) is 0 Å². The normalized spacial score (nSPS) is 23.7. The van der Waals surface area contributed by atoms with Gasteiger partial charge in [0.2, 0.25) is 0 Å². The van der Waals surface area contributed by atoms with Gasteiger partial charge in [-0.05, 0) is 49.3 Å². The van der Waals surface area contributed by atoms with Gasteiger partial charge >= 0.3 is 12.1 Å². The van der Waals surface area contributed by atoms with Crippen molar-refractivity contribution < 1.29 is 36.2 Å². The number of aliphatic hydroxyl groups excluding tert-OH is 1. The van der Waals surface area contributed by atoms with Gasteiger partial charge in [-0.3, -0.25) is 4.79 Å². The van der Waals surface area contributed by atoms with Crippen molar-refractivity contribution in [3.05, 3.63) is 35.1 Å². The maximum absolute atomic E-state index is 14.5. The molecule has 2 spiro atoms. The Morgan fingerprint density at radius 1 is 1.07 bits per heavy atom. The summed E-state index contributed by atoms with van der Waals surface area (Å²) in [5.74, 6) is -7.40. The maximum Gasteiger partial charge on any atom is 0.419 e. The van der Waals surface area contributed by atoms with Crippen LogP contribution in [-0.4, -0.2) is 35.1 Å². The molecule has 3 aliphatic rings. The molecule has 148 valence electrons. The number of rotatable bonds is 2. The molecule has 1 aromatic carbocycles. The van der Waals surface area contributed by atoms with E-state index in [2.05, 4.69) is 0 Å².